The van der Waals surface area contributed by atoms with Gasteiger partial charge in [0.15, 0.2) is 0 Å². The molecule has 1 atom stereocenters. The van der Waals surface area contributed by atoms with Crippen molar-refractivity contribution in [1.82, 2.24) is 0 Å². The van der Waals surface area contributed by atoms with Crippen LogP contribution >= 0.6 is 0 Å². The maximum atomic E-state index is 3.78. The third kappa shape index (κ3) is 2.08. The zero-order valence-electron chi connectivity index (χ0n) is 12.0. The summed E-state index contributed by atoms with van der Waals surface area (Å²) < 4.78 is 0. The average Bonchev–Trinajstić information content (AvgIpc) is 2.54. The molecule has 0 aliphatic heterocycles. The highest BCUT2D eigenvalue weighted by Crippen LogP contribution is 2.37. The molecule has 2 aliphatic carbocycles. The van der Waals surface area contributed by atoms with Gasteiger partial charge in [-0.2, -0.15) is 0 Å². The van der Waals surface area contributed by atoms with Gasteiger partial charge in [-0.1, -0.05) is 36.4 Å². The van der Waals surface area contributed by atoms with Crippen molar-refractivity contribution in [2.24, 2.45) is 0 Å². The first kappa shape index (κ1) is 12.2. The molecule has 0 spiro atoms. The quantitative estimate of drug-likeness (QED) is 0.689. The van der Waals surface area contributed by atoms with Crippen molar-refractivity contribution < 1.29 is 0 Å². The molecule has 0 bridgehead atoms. The molecule has 2 aliphatic rings. The molecule has 0 amide bonds. The number of benzene rings is 2. The summed E-state index contributed by atoms with van der Waals surface area (Å²) in [7, 11) is 0. The van der Waals surface area contributed by atoms with E-state index in [0.29, 0.717) is 5.92 Å². The van der Waals surface area contributed by atoms with Crippen LogP contribution < -0.4 is 0 Å². The Balaban J connectivity index is 1.75. The van der Waals surface area contributed by atoms with Crippen LogP contribution in [-0.4, -0.2) is 0 Å². The molecule has 0 heterocycles. The fourth-order valence-electron chi connectivity index (χ4n) is 3.94. The van der Waals surface area contributed by atoms with E-state index in [1.807, 2.05) is 0 Å². The zero-order chi connectivity index (χ0) is 13.4. The van der Waals surface area contributed by atoms with Crippen molar-refractivity contribution in [2.45, 2.75) is 50.9 Å². The molecule has 0 N–H and O–H groups in total. The Bertz CT molecular complexity index is 624. The summed E-state index contributed by atoms with van der Waals surface area (Å²) in [6.45, 7) is 0. The summed E-state index contributed by atoms with van der Waals surface area (Å²) >= 11 is 0. The van der Waals surface area contributed by atoms with Crippen LogP contribution in [0.25, 0.3) is 0 Å². The molecule has 0 nitrogen and oxygen atoms in total. The molecular formula is C20H21. The van der Waals surface area contributed by atoms with Crippen molar-refractivity contribution in [3.05, 3.63) is 70.3 Å². The average molecular weight is 261 g/mol. The van der Waals surface area contributed by atoms with Gasteiger partial charge < -0.3 is 0 Å². The summed E-state index contributed by atoms with van der Waals surface area (Å²) in [5.74, 6) is 0.576. The van der Waals surface area contributed by atoms with Crippen LogP contribution in [0, 0.1) is 6.07 Å². The van der Waals surface area contributed by atoms with Gasteiger partial charge in [0.25, 0.3) is 0 Å². The second-order valence-corrected chi connectivity index (χ2v) is 6.27. The summed E-state index contributed by atoms with van der Waals surface area (Å²) in [5, 5.41) is 0. The van der Waals surface area contributed by atoms with E-state index < -0.39 is 0 Å². The highest BCUT2D eigenvalue weighted by atomic mass is 14.3. The second kappa shape index (κ2) is 5.09. The first-order chi connectivity index (χ1) is 9.92. The minimum atomic E-state index is 0.576. The predicted molar refractivity (Wildman–Crippen MR) is 83.1 cm³/mol. The number of hydrogen-bond acceptors (Lipinski definition) is 0. The lowest BCUT2D eigenvalue weighted by atomic mass is 9.77. The molecule has 2 aromatic rings. The van der Waals surface area contributed by atoms with E-state index in [-0.39, 0.29) is 0 Å². The second-order valence-electron chi connectivity index (χ2n) is 6.27. The minimum Gasteiger partial charge on any atom is -0.0620 e. The van der Waals surface area contributed by atoms with E-state index in [4.69, 9.17) is 0 Å². The largest absolute Gasteiger partial charge is 0.0620 e. The Morgan fingerprint density at radius 3 is 2.65 bits per heavy atom. The van der Waals surface area contributed by atoms with E-state index in [1.165, 1.54) is 56.1 Å². The lowest BCUT2D eigenvalue weighted by Crippen LogP contribution is -2.12. The van der Waals surface area contributed by atoms with Crippen molar-refractivity contribution >= 4 is 0 Å². The summed E-state index contributed by atoms with van der Waals surface area (Å²) in [6, 6.07) is 17.5. The summed E-state index contributed by atoms with van der Waals surface area (Å²) in [6.07, 6.45) is 9.03. The van der Waals surface area contributed by atoms with E-state index >= 15 is 0 Å². The SMILES string of the molecule is [c]1c(C2CCCc3ccccc32)ccc2c1CCCC2. The maximum absolute atomic E-state index is 3.78. The van der Waals surface area contributed by atoms with Gasteiger partial charge in [0, 0.05) is 5.92 Å². The van der Waals surface area contributed by atoms with Gasteiger partial charge in [-0.15, -0.1) is 0 Å². The standard InChI is InChI=1S/C20H21/c1-2-8-17-14-18(13-12-15(17)6-1)20-11-5-9-16-7-3-4-10-19(16)20/h3-4,7,10,12-13,20H,1-2,5-6,8-9,11H2. The molecule has 20 heavy (non-hydrogen) atoms. The van der Waals surface area contributed by atoms with Gasteiger partial charge >= 0.3 is 0 Å². The van der Waals surface area contributed by atoms with Crippen LogP contribution in [0.3, 0.4) is 0 Å². The van der Waals surface area contributed by atoms with Crippen LogP contribution in [0.15, 0.2) is 36.4 Å². The molecule has 0 saturated heterocycles. The monoisotopic (exact) mass is 261 g/mol. The van der Waals surface area contributed by atoms with Crippen molar-refractivity contribution in [2.75, 3.05) is 0 Å². The smallest absolute Gasteiger partial charge is 0.00984 e. The number of fused-ring (bicyclic) bond motifs is 2. The van der Waals surface area contributed by atoms with Crippen LogP contribution in [-0.2, 0) is 19.3 Å². The first-order valence-corrected chi connectivity index (χ1v) is 8.03. The maximum Gasteiger partial charge on any atom is 0.00984 e. The van der Waals surface area contributed by atoms with Gasteiger partial charge in [0.05, 0.1) is 0 Å². The summed E-state index contributed by atoms with van der Waals surface area (Å²) in [5.41, 5.74) is 7.57. The molecule has 0 saturated carbocycles. The van der Waals surface area contributed by atoms with E-state index in [9.17, 15) is 0 Å². The van der Waals surface area contributed by atoms with E-state index in [0.717, 1.165) is 0 Å². The third-order valence-electron chi connectivity index (χ3n) is 5.01. The Kier molecular flexibility index (Phi) is 3.10. The van der Waals surface area contributed by atoms with Gasteiger partial charge in [0.2, 0.25) is 0 Å². The normalized spacial score (nSPS) is 21.1. The molecule has 101 valence electrons. The van der Waals surface area contributed by atoms with E-state index in [1.54, 1.807) is 16.7 Å². The molecule has 0 fully saturated rings. The molecular weight excluding hydrogens is 240 g/mol. The van der Waals surface area contributed by atoms with Crippen molar-refractivity contribution in [1.29, 1.82) is 0 Å². The molecule has 2 aromatic carbocycles. The fourth-order valence-corrected chi connectivity index (χ4v) is 3.94. The van der Waals surface area contributed by atoms with Crippen LogP contribution in [0.4, 0.5) is 0 Å². The van der Waals surface area contributed by atoms with Crippen LogP contribution in [0.5, 0.6) is 0 Å². The van der Waals surface area contributed by atoms with E-state index in [2.05, 4.69) is 42.5 Å². The first-order valence-electron chi connectivity index (χ1n) is 8.03. The minimum absolute atomic E-state index is 0.576. The fraction of sp³-hybridized carbons (Fsp3) is 0.400. The van der Waals surface area contributed by atoms with Crippen LogP contribution in [0.1, 0.15) is 59.4 Å². The highest BCUT2D eigenvalue weighted by molar-refractivity contribution is 5.42. The molecule has 0 heteroatoms. The van der Waals surface area contributed by atoms with Gasteiger partial charge in [-0.25, -0.2) is 0 Å². The molecule has 1 unspecified atom stereocenters. The number of rotatable bonds is 1. The Hall–Kier alpha value is -1.56. The Labute approximate surface area is 121 Å². The molecule has 0 aromatic heterocycles. The van der Waals surface area contributed by atoms with Crippen molar-refractivity contribution in [3.8, 4) is 0 Å². The van der Waals surface area contributed by atoms with Crippen molar-refractivity contribution in [3.63, 3.8) is 0 Å². The van der Waals surface area contributed by atoms with Gasteiger partial charge in [0.1, 0.15) is 0 Å². The van der Waals surface area contributed by atoms with Crippen LogP contribution in [0.2, 0.25) is 0 Å². The Morgan fingerprint density at radius 2 is 1.65 bits per heavy atom. The highest BCUT2D eigenvalue weighted by Gasteiger charge is 2.22. The third-order valence-corrected chi connectivity index (χ3v) is 5.01. The van der Waals surface area contributed by atoms with Gasteiger partial charge in [-0.3, -0.25) is 0 Å². The number of hydrogen-bond donors (Lipinski definition) is 0. The zero-order valence-corrected chi connectivity index (χ0v) is 12.0. The molecule has 4 rings (SSSR count). The molecule has 1 radical (unpaired) electrons. The lowest BCUT2D eigenvalue weighted by molar-refractivity contribution is 0.612. The summed E-state index contributed by atoms with van der Waals surface area (Å²) in [4.78, 5) is 0. The Morgan fingerprint density at radius 1 is 0.800 bits per heavy atom. The predicted octanol–water partition coefficient (Wildman–Crippen LogP) is 4.83. The topological polar surface area (TPSA) is 0 Å². The van der Waals surface area contributed by atoms with Gasteiger partial charge in [-0.05, 0) is 78.8 Å². The lowest BCUT2D eigenvalue weighted by Gasteiger charge is -2.27. The number of aryl methyl sites for hydroxylation is 3.